The molecule has 1 aliphatic rings. The van der Waals surface area contributed by atoms with Crippen LogP contribution in [0.25, 0.3) is 0 Å². The SMILES string of the molecule is CN1CC(Cc2ccc(Cl)cc2)NCC1CO. The fraction of sp³-hybridized carbons (Fsp3) is 0.538. The molecule has 1 aromatic rings. The third-order valence-electron chi connectivity index (χ3n) is 3.38. The van der Waals surface area contributed by atoms with Crippen LogP contribution in [0.15, 0.2) is 24.3 Å². The van der Waals surface area contributed by atoms with Gasteiger partial charge in [-0.05, 0) is 31.2 Å². The van der Waals surface area contributed by atoms with Crippen molar-refractivity contribution in [3.8, 4) is 0 Å². The Labute approximate surface area is 107 Å². The molecule has 4 heteroatoms. The zero-order valence-corrected chi connectivity index (χ0v) is 10.8. The number of piperazine rings is 1. The minimum atomic E-state index is 0.219. The molecule has 1 saturated heterocycles. The normalized spacial score (nSPS) is 26.1. The Morgan fingerprint density at radius 2 is 2.12 bits per heavy atom. The Morgan fingerprint density at radius 1 is 1.41 bits per heavy atom. The average molecular weight is 255 g/mol. The molecule has 2 rings (SSSR count). The summed E-state index contributed by atoms with van der Waals surface area (Å²) in [6, 6.07) is 8.70. The maximum Gasteiger partial charge on any atom is 0.0599 e. The third kappa shape index (κ3) is 3.42. The molecule has 2 N–H and O–H groups in total. The van der Waals surface area contributed by atoms with Gasteiger partial charge in [0.1, 0.15) is 0 Å². The number of aliphatic hydroxyl groups excluding tert-OH is 1. The molecule has 1 heterocycles. The van der Waals surface area contributed by atoms with Crippen molar-refractivity contribution in [3.05, 3.63) is 34.9 Å². The zero-order chi connectivity index (χ0) is 12.3. The first-order valence-electron chi connectivity index (χ1n) is 5.98. The van der Waals surface area contributed by atoms with Crippen molar-refractivity contribution in [3.63, 3.8) is 0 Å². The summed E-state index contributed by atoms with van der Waals surface area (Å²) in [5.41, 5.74) is 1.29. The monoisotopic (exact) mass is 254 g/mol. The molecule has 1 aromatic carbocycles. The van der Waals surface area contributed by atoms with Crippen molar-refractivity contribution in [2.45, 2.75) is 18.5 Å². The summed E-state index contributed by atoms with van der Waals surface area (Å²) in [6.07, 6.45) is 1.000. The second-order valence-corrected chi connectivity index (χ2v) is 5.15. The van der Waals surface area contributed by atoms with Gasteiger partial charge in [-0.3, -0.25) is 4.90 Å². The molecule has 94 valence electrons. The van der Waals surface area contributed by atoms with Gasteiger partial charge >= 0.3 is 0 Å². The number of hydrogen-bond donors (Lipinski definition) is 2. The van der Waals surface area contributed by atoms with E-state index in [4.69, 9.17) is 11.6 Å². The molecule has 0 spiro atoms. The molecule has 1 aliphatic heterocycles. The summed E-state index contributed by atoms with van der Waals surface area (Å²) in [5.74, 6) is 0. The highest BCUT2D eigenvalue weighted by atomic mass is 35.5. The van der Waals surface area contributed by atoms with Gasteiger partial charge in [0.05, 0.1) is 6.61 Å². The highest BCUT2D eigenvalue weighted by Gasteiger charge is 2.24. The topological polar surface area (TPSA) is 35.5 Å². The van der Waals surface area contributed by atoms with Crippen molar-refractivity contribution < 1.29 is 5.11 Å². The van der Waals surface area contributed by atoms with E-state index < -0.39 is 0 Å². The number of hydrogen-bond acceptors (Lipinski definition) is 3. The quantitative estimate of drug-likeness (QED) is 0.850. The summed E-state index contributed by atoms with van der Waals surface area (Å²) in [4.78, 5) is 2.22. The molecule has 0 aliphatic carbocycles. The Morgan fingerprint density at radius 3 is 2.71 bits per heavy atom. The number of nitrogens with one attached hydrogen (secondary N) is 1. The van der Waals surface area contributed by atoms with Gasteiger partial charge in [-0.1, -0.05) is 23.7 Å². The van der Waals surface area contributed by atoms with Crippen molar-refractivity contribution in [1.29, 1.82) is 0 Å². The molecule has 0 saturated carbocycles. The van der Waals surface area contributed by atoms with E-state index in [1.807, 2.05) is 12.1 Å². The van der Waals surface area contributed by atoms with E-state index in [9.17, 15) is 5.11 Å². The van der Waals surface area contributed by atoms with Gasteiger partial charge in [-0.15, -0.1) is 0 Å². The van der Waals surface area contributed by atoms with Gasteiger partial charge in [-0.2, -0.15) is 0 Å². The first-order valence-corrected chi connectivity index (χ1v) is 6.35. The van der Waals surface area contributed by atoms with Gasteiger partial charge in [0.2, 0.25) is 0 Å². The number of nitrogens with zero attached hydrogens (tertiary/aromatic N) is 1. The summed E-state index contributed by atoms with van der Waals surface area (Å²) >= 11 is 5.86. The number of benzene rings is 1. The predicted molar refractivity (Wildman–Crippen MR) is 70.5 cm³/mol. The lowest BCUT2D eigenvalue weighted by Gasteiger charge is -2.37. The summed E-state index contributed by atoms with van der Waals surface area (Å²) in [5, 5.41) is 13.4. The molecule has 3 nitrogen and oxygen atoms in total. The molecule has 0 aromatic heterocycles. The molecule has 0 radical (unpaired) electrons. The van der Waals surface area contributed by atoms with E-state index in [-0.39, 0.29) is 12.6 Å². The van der Waals surface area contributed by atoms with E-state index in [1.54, 1.807) is 0 Å². The van der Waals surface area contributed by atoms with Gasteiger partial charge in [0.25, 0.3) is 0 Å². The smallest absolute Gasteiger partial charge is 0.0599 e. The van der Waals surface area contributed by atoms with Crippen LogP contribution in [0.3, 0.4) is 0 Å². The Balaban J connectivity index is 1.90. The highest BCUT2D eigenvalue weighted by molar-refractivity contribution is 6.30. The first-order chi connectivity index (χ1) is 8.19. The van der Waals surface area contributed by atoms with Crippen molar-refractivity contribution in [2.75, 3.05) is 26.7 Å². The van der Waals surface area contributed by atoms with Crippen LogP contribution < -0.4 is 5.32 Å². The van der Waals surface area contributed by atoms with E-state index in [0.717, 1.165) is 24.5 Å². The van der Waals surface area contributed by atoms with Crippen LogP contribution >= 0.6 is 11.6 Å². The van der Waals surface area contributed by atoms with Crippen LogP contribution in [-0.2, 0) is 6.42 Å². The van der Waals surface area contributed by atoms with E-state index >= 15 is 0 Å². The largest absolute Gasteiger partial charge is 0.395 e. The minimum absolute atomic E-state index is 0.219. The zero-order valence-electron chi connectivity index (χ0n) is 10.1. The minimum Gasteiger partial charge on any atom is -0.395 e. The second-order valence-electron chi connectivity index (χ2n) is 4.71. The van der Waals surface area contributed by atoms with E-state index in [0.29, 0.717) is 6.04 Å². The summed E-state index contributed by atoms with van der Waals surface area (Å²) in [7, 11) is 2.07. The summed E-state index contributed by atoms with van der Waals surface area (Å²) < 4.78 is 0. The fourth-order valence-electron chi connectivity index (χ4n) is 2.27. The van der Waals surface area contributed by atoms with Crippen molar-refractivity contribution in [2.24, 2.45) is 0 Å². The maximum atomic E-state index is 9.17. The lowest BCUT2D eigenvalue weighted by Crippen LogP contribution is -2.56. The Kier molecular flexibility index (Phi) is 4.40. The molecule has 0 amide bonds. The predicted octanol–water partition coefficient (Wildman–Crippen LogP) is 1.15. The van der Waals surface area contributed by atoms with Gasteiger partial charge in [0.15, 0.2) is 0 Å². The van der Waals surface area contributed by atoms with Gasteiger partial charge in [-0.25, -0.2) is 0 Å². The van der Waals surface area contributed by atoms with E-state index in [1.165, 1.54) is 5.56 Å². The lowest BCUT2D eigenvalue weighted by molar-refractivity contribution is 0.103. The van der Waals surface area contributed by atoms with E-state index in [2.05, 4.69) is 29.4 Å². The maximum absolute atomic E-state index is 9.17. The van der Waals surface area contributed by atoms with Crippen molar-refractivity contribution >= 4 is 11.6 Å². The molecule has 17 heavy (non-hydrogen) atoms. The Bertz CT molecular complexity index is 355. The van der Waals surface area contributed by atoms with Crippen LogP contribution in [0.5, 0.6) is 0 Å². The molecule has 2 atom stereocenters. The highest BCUT2D eigenvalue weighted by Crippen LogP contribution is 2.13. The van der Waals surface area contributed by atoms with Crippen LogP contribution in [-0.4, -0.2) is 48.8 Å². The average Bonchev–Trinajstić information content (AvgIpc) is 2.32. The first kappa shape index (κ1) is 12.8. The number of likely N-dealkylation sites (N-methyl/N-ethyl adjacent to an activating group) is 1. The molecule has 1 fully saturated rings. The molecule has 2 unspecified atom stereocenters. The molecule has 0 bridgehead atoms. The third-order valence-corrected chi connectivity index (χ3v) is 3.63. The molecular formula is C13H19ClN2O. The lowest BCUT2D eigenvalue weighted by atomic mass is 10.0. The van der Waals surface area contributed by atoms with Gasteiger partial charge in [0, 0.05) is 30.2 Å². The molecular weight excluding hydrogens is 236 g/mol. The van der Waals surface area contributed by atoms with Crippen LogP contribution in [0.4, 0.5) is 0 Å². The number of halogens is 1. The Hall–Kier alpha value is -0.610. The number of rotatable bonds is 3. The standard InChI is InChI=1S/C13H19ClN2O/c1-16-8-12(15-7-13(16)9-17)6-10-2-4-11(14)5-3-10/h2-5,12-13,15,17H,6-9H2,1H3. The second kappa shape index (κ2) is 5.83. The van der Waals surface area contributed by atoms with Crippen LogP contribution in [0.1, 0.15) is 5.56 Å². The van der Waals surface area contributed by atoms with Crippen LogP contribution in [0, 0.1) is 0 Å². The summed E-state index contributed by atoms with van der Waals surface area (Å²) in [6.45, 7) is 2.04. The van der Waals surface area contributed by atoms with Gasteiger partial charge < -0.3 is 10.4 Å². The van der Waals surface area contributed by atoms with Crippen LogP contribution in [0.2, 0.25) is 5.02 Å². The van der Waals surface area contributed by atoms with Crippen molar-refractivity contribution in [1.82, 2.24) is 10.2 Å². The fourth-order valence-corrected chi connectivity index (χ4v) is 2.39. The number of aliphatic hydroxyl groups is 1.